The van der Waals surface area contributed by atoms with E-state index in [1.165, 1.54) is 38.5 Å². The zero-order valence-corrected chi connectivity index (χ0v) is 20.2. The Balaban J connectivity index is 4.17. The van der Waals surface area contributed by atoms with Gasteiger partial charge in [0.2, 0.25) is 0 Å². The maximum absolute atomic E-state index is 12.3. The van der Waals surface area contributed by atoms with Gasteiger partial charge in [0.15, 0.2) is 0 Å². The summed E-state index contributed by atoms with van der Waals surface area (Å²) in [5.74, 6) is -0.933. The van der Waals surface area contributed by atoms with Gasteiger partial charge in [0, 0.05) is 6.42 Å². The van der Waals surface area contributed by atoms with Crippen molar-refractivity contribution in [2.45, 2.75) is 143 Å². The van der Waals surface area contributed by atoms with Crippen molar-refractivity contribution >= 4 is 11.9 Å². The number of carboxylic acids is 2. The number of hydrogen-bond donors (Lipinski definition) is 2. The summed E-state index contributed by atoms with van der Waals surface area (Å²) in [6.07, 6.45) is 20.0. The molecule has 0 heterocycles. The SMILES string of the molecule is CCCCC(CCCCCCCCCCCCC(=O)O)C(CC)(CCCC)C(=O)O. The Morgan fingerprint density at radius 3 is 1.57 bits per heavy atom. The summed E-state index contributed by atoms with van der Waals surface area (Å²) in [5, 5.41) is 18.7. The summed E-state index contributed by atoms with van der Waals surface area (Å²) in [5.41, 5.74) is -0.522. The van der Waals surface area contributed by atoms with E-state index in [2.05, 4.69) is 20.8 Å². The van der Waals surface area contributed by atoms with E-state index in [1.54, 1.807) is 0 Å². The molecule has 4 heteroatoms. The Morgan fingerprint density at radius 1 is 0.667 bits per heavy atom. The molecule has 2 atom stereocenters. The van der Waals surface area contributed by atoms with Gasteiger partial charge in [-0.1, -0.05) is 104 Å². The molecule has 0 spiro atoms. The van der Waals surface area contributed by atoms with E-state index < -0.39 is 17.4 Å². The second-order valence-corrected chi connectivity index (χ2v) is 9.23. The summed E-state index contributed by atoms with van der Waals surface area (Å²) in [6.45, 7) is 6.42. The molecule has 0 saturated carbocycles. The summed E-state index contributed by atoms with van der Waals surface area (Å²) < 4.78 is 0. The number of rotatable bonds is 22. The monoisotopic (exact) mass is 426 g/mol. The Kier molecular flexibility index (Phi) is 18.0. The van der Waals surface area contributed by atoms with Gasteiger partial charge in [-0.05, 0) is 38.0 Å². The van der Waals surface area contributed by atoms with Gasteiger partial charge in [0.25, 0.3) is 0 Å². The lowest BCUT2D eigenvalue weighted by Crippen LogP contribution is -2.38. The fourth-order valence-electron chi connectivity index (χ4n) is 4.82. The second-order valence-electron chi connectivity index (χ2n) is 9.23. The minimum absolute atomic E-state index is 0.304. The average Bonchev–Trinajstić information content (AvgIpc) is 2.72. The standard InChI is InChI=1S/C26H50O4/c1-4-7-19-23(26(6-3,25(29)30)22-8-5-2)20-17-15-13-11-9-10-12-14-16-18-21-24(27)28/h23H,4-22H2,1-3H3,(H,27,28)(H,29,30). The number of aliphatic carboxylic acids is 2. The zero-order chi connectivity index (χ0) is 22.7. The van der Waals surface area contributed by atoms with Crippen LogP contribution in [0.15, 0.2) is 0 Å². The normalized spacial score (nSPS) is 14.4. The fraction of sp³-hybridized carbons (Fsp3) is 0.923. The maximum Gasteiger partial charge on any atom is 0.309 e. The van der Waals surface area contributed by atoms with Gasteiger partial charge >= 0.3 is 11.9 Å². The van der Waals surface area contributed by atoms with Crippen molar-refractivity contribution in [2.24, 2.45) is 11.3 Å². The molecule has 0 aliphatic heterocycles. The predicted molar refractivity (Wildman–Crippen MR) is 126 cm³/mol. The first-order chi connectivity index (χ1) is 14.4. The maximum atomic E-state index is 12.3. The number of hydrogen-bond acceptors (Lipinski definition) is 2. The molecule has 0 bridgehead atoms. The minimum atomic E-state index is -0.683. The smallest absolute Gasteiger partial charge is 0.309 e. The second kappa shape index (κ2) is 18.7. The van der Waals surface area contributed by atoms with Crippen LogP contribution in [0, 0.1) is 11.3 Å². The van der Waals surface area contributed by atoms with Crippen LogP contribution >= 0.6 is 0 Å². The van der Waals surface area contributed by atoms with Crippen LogP contribution in [-0.2, 0) is 9.59 Å². The number of carbonyl (C=O) groups is 2. The van der Waals surface area contributed by atoms with E-state index in [9.17, 15) is 14.7 Å². The van der Waals surface area contributed by atoms with Gasteiger partial charge in [-0.2, -0.15) is 0 Å². The average molecular weight is 427 g/mol. The minimum Gasteiger partial charge on any atom is -0.481 e. The molecule has 0 aromatic heterocycles. The van der Waals surface area contributed by atoms with Crippen LogP contribution in [0.2, 0.25) is 0 Å². The van der Waals surface area contributed by atoms with Crippen LogP contribution in [0.5, 0.6) is 0 Å². The Labute approximate surface area is 186 Å². The van der Waals surface area contributed by atoms with Crippen molar-refractivity contribution in [1.29, 1.82) is 0 Å². The molecule has 0 aliphatic carbocycles. The van der Waals surface area contributed by atoms with E-state index in [0.717, 1.165) is 77.0 Å². The van der Waals surface area contributed by atoms with Crippen LogP contribution < -0.4 is 0 Å². The van der Waals surface area contributed by atoms with Gasteiger partial charge < -0.3 is 10.2 Å². The van der Waals surface area contributed by atoms with Crippen molar-refractivity contribution in [3.8, 4) is 0 Å². The summed E-state index contributed by atoms with van der Waals surface area (Å²) in [6, 6.07) is 0. The van der Waals surface area contributed by atoms with E-state index in [1.807, 2.05) is 0 Å². The summed E-state index contributed by atoms with van der Waals surface area (Å²) in [4.78, 5) is 22.7. The van der Waals surface area contributed by atoms with Gasteiger partial charge in [-0.15, -0.1) is 0 Å². The number of carboxylic acid groups (broad SMARTS) is 2. The van der Waals surface area contributed by atoms with E-state index >= 15 is 0 Å². The molecule has 178 valence electrons. The molecule has 0 aromatic rings. The molecule has 0 aliphatic rings. The van der Waals surface area contributed by atoms with Crippen molar-refractivity contribution < 1.29 is 19.8 Å². The van der Waals surface area contributed by atoms with Gasteiger partial charge in [0.05, 0.1) is 5.41 Å². The first kappa shape index (κ1) is 28.9. The third kappa shape index (κ3) is 12.6. The molecule has 0 rings (SSSR count). The summed E-state index contributed by atoms with van der Waals surface area (Å²) in [7, 11) is 0. The molecule has 0 aromatic carbocycles. The van der Waals surface area contributed by atoms with Crippen molar-refractivity contribution in [3.63, 3.8) is 0 Å². The molecule has 0 saturated heterocycles. The first-order valence-electron chi connectivity index (χ1n) is 12.9. The predicted octanol–water partition coefficient (Wildman–Crippen LogP) is 8.23. The topological polar surface area (TPSA) is 74.6 Å². The van der Waals surface area contributed by atoms with Gasteiger partial charge in [-0.25, -0.2) is 0 Å². The van der Waals surface area contributed by atoms with Crippen LogP contribution in [0.3, 0.4) is 0 Å². The number of unbranched alkanes of at least 4 members (excludes halogenated alkanes) is 11. The van der Waals surface area contributed by atoms with E-state index in [0.29, 0.717) is 12.3 Å². The van der Waals surface area contributed by atoms with Gasteiger partial charge in [-0.3, -0.25) is 9.59 Å². The largest absolute Gasteiger partial charge is 0.481 e. The Hall–Kier alpha value is -1.06. The molecule has 2 N–H and O–H groups in total. The van der Waals surface area contributed by atoms with Crippen LogP contribution in [0.25, 0.3) is 0 Å². The third-order valence-corrected chi connectivity index (χ3v) is 6.91. The molecule has 0 amide bonds. The molecule has 0 fully saturated rings. The zero-order valence-electron chi connectivity index (χ0n) is 20.2. The molecular weight excluding hydrogens is 376 g/mol. The lowest BCUT2D eigenvalue weighted by Gasteiger charge is -2.37. The fourth-order valence-corrected chi connectivity index (χ4v) is 4.82. The molecule has 4 nitrogen and oxygen atoms in total. The van der Waals surface area contributed by atoms with Crippen molar-refractivity contribution in [2.75, 3.05) is 0 Å². The van der Waals surface area contributed by atoms with E-state index in [-0.39, 0.29) is 0 Å². The highest BCUT2D eigenvalue weighted by molar-refractivity contribution is 5.75. The summed E-state index contributed by atoms with van der Waals surface area (Å²) >= 11 is 0. The lowest BCUT2D eigenvalue weighted by molar-refractivity contribution is -0.154. The Morgan fingerprint density at radius 2 is 1.13 bits per heavy atom. The van der Waals surface area contributed by atoms with Crippen molar-refractivity contribution in [3.05, 3.63) is 0 Å². The third-order valence-electron chi connectivity index (χ3n) is 6.91. The molecular formula is C26H50O4. The van der Waals surface area contributed by atoms with E-state index in [4.69, 9.17) is 5.11 Å². The quantitative estimate of drug-likeness (QED) is 0.171. The van der Waals surface area contributed by atoms with Crippen LogP contribution in [0.4, 0.5) is 0 Å². The van der Waals surface area contributed by atoms with Crippen molar-refractivity contribution in [1.82, 2.24) is 0 Å². The highest BCUT2D eigenvalue weighted by atomic mass is 16.4. The Bertz CT molecular complexity index is 435. The molecule has 0 radical (unpaired) electrons. The first-order valence-corrected chi connectivity index (χ1v) is 12.9. The lowest BCUT2D eigenvalue weighted by atomic mass is 9.66. The highest BCUT2D eigenvalue weighted by Gasteiger charge is 2.42. The van der Waals surface area contributed by atoms with Crippen LogP contribution in [-0.4, -0.2) is 22.2 Å². The van der Waals surface area contributed by atoms with Crippen LogP contribution in [0.1, 0.15) is 143 Å². The van der Waals surface area contributed by atoms with Gasteiger partial charge in [0.1, 0.15) is 0 Å². The molecule has 2 unspecified atom stereocenters. The highest BCUT2D eigenvalue weighted by Crippen LogP contribution is 2.43. The molecule has 30 heavy (non-hydrogen) atoms.